The van der Waals surface area contributed by atoms with Gasteiger partial charge in [-0.2, -0.15) is 0 Å². The van der Waals surface area contributed by atoms with E-state index in [9.17, 15) is 4.79 Å². The predicted octanol–water partition coefficient (Wildman–Crippen LogP) is 4.41. The SMILES string of the molecule is Cc1cccc(OCCCCC(=O)NCC(C)(C)c2ccc3c(c2)OCCO3)c1. The maximum atomic E-state index is 12.2. The summed E-state index contributed by atoms with van der Waals surface area (Å²) in [5.41, 5.74) is 2.11. The molecule has 0 fully saturated rings. The van der Waals surface area contributed by atoms with Gasteiger partial charge in [-0.05, 0) is 55.2 Å². The van der Waals surface area contributed by atoms with Crippen LogP contribution in [0, 0.1) is 6.92 Å². The summed E-state index contributed by atoms with van der Waals surface area (Å²) in [6, 6.07) is 14.0. The van der Waals surface area contributed by atoms with Crippen LogP contribution in [0.3, 0.4) is 0 Å². The standard InChI is InChI=1S/C24H31NO4/c1-18-7-6-8-20(15-18)27-12-5-4-9-23(26)25-17-24(2,3)19-10-11-21-22(16-19)29-14-13-28-21/h6-8,10-11,15-16H,4-5,9,12-14,17H2,1-3H3,(H,25,26). The Morgan fingerprint density at radius 2 is 1.86 bits per heavy atom. The van der Waals surface area contributed by atoms with Gasteiger partial charge in [0, 0.05) is 18.4 Å². The third-order valence-corrected chi connectivity index (χ3v) is 5.11. The third kappa shape index (κ3) is 6.14. The zero-order valence-corrected chi connectivity index (χ0v) is 17.6. The average Bonchev–Trinajstić information content (AvgIpc) is 2.72. The van der Waals surface area contributed by atoms with E-state index in [-0.39, 0.29) is 11.3 Å². The lowest BCUT2D eigenvalue weighted by molar-refractivity contribution is -0.121. The Kier molecular flexibility index (Phi) is 7.02. The molecule has 1 N–H and O–H groups in total. The van der Waals surface area contributed by atoms with Gasteiger partial charge in [-0.25, -0.2) is 0 Å². The quantitative estimate of drug-likeness (QED) is 0.637. The first kappa shape index (κ1) is 21.0. The molecule has 0 aromatic heterocycles. The highest BCUT2D eigenvalue weighted by molar-refractivity contribution is 5.76. The number of amides is 1. The van der Waals surface area contributed by atoms with Crippen LogP contribution in [0.2, 0.25) is 0 Å². The Hall–Kier alpha value is -2.69. The molecule has 5 nitrogen and oxygen atoms in total. The van der Waals surface area contributed by atoms with Crippen LogP contribution in [0.5, 0.6) is 17.2 Å². The second kappa shape index (κ2) is 9.68. The summed E-state index contributed by atoms with van der Waals surface area (Å²) in [7, 11) is 0. The number of carbonyl (C=O) groups excluding carboxylic acids is 1. The second-order valence-corrected chi connectivity index (χ2v) is 8.14. The molecule has 0 bridgehead atoms. The van der Waals surface area contributed by atoms with Crippen molar-refractivity contribution >= 4 is 5.91 Å². The molecule has 0 atom stereocenters. The fraction of sp³-hybridized carbons (Fsp3) is 0.458. The summed E-state index contributed by atoms with van der Waals surface area (Å²) in [6.45, 7) is 8.64. The lowest BCUT2D eigenvalue weighted by Gasteiger charge is -2.28. The Balaban J connectivity index is 1.38. The van der Waals surface area contributed by atoms with Crippen molar-refractivity contribution in [3.05, 3.63) is 53.6 Å². The van der Waals surface area contributed by atoms with Crippen molar-refractivity contribution in [3.8, 4) is 17.2 Å². The van der Waals surface area contributed by atoms with E-state index in [1.807, 2.05) is 49.4 Å². The van der Waals surface area contributed by atoms with E-state index in [0.29, 0.717) is 32.8 Å². The Morgan fingerprint density at radius 1 is 1.07 bits per heavy atom. The van der Waals surface area contributed by atoms with Gasteiger partial charge in [-0.1, -0.05) is 32.0 Å². The lowest BCUT2D eigenvalue weighted by atomic mass is 9.84. The zero-order valence-electron chi connectivity index (χ0n) is 17.6. The molecular formula is C24H31NO4. The van der Waals surface area contributed by atoms with Crippen LogP contribution in [0.15, 0.2) is 42.5 Å². The fourth-order valence-electron chi connectivity index (χ4n) is 3.26. The molecule has 0 aliphatic carbocycles. The molecule has 1 aliphatic rings. The van der Waals surface area contributed by atoms with Crippen LogP contribution in [-0.4, -0.2) is 32.3 Å². The van der Waals surface area contributed by atoms with E-state index in [2.05, 4.69) is 19.2 Å². The van der Waals surface area contributed by atoms with Gasteiger partial charge in [-0.3, -0.25) is 4.79 Å². The molecule has 1 aliphatic heterocycles. The van der Waals surface area contributed by atoms with E-state index in [1.54, 1.807) is 0 Å². The lowest BCUT2D eigenvalue weighted by Crippen LogP contribution is -2.36. The largest absolute Gasteiger partial charge is 0.494 e. The molecular weight excluding hydrogens is 366 g/mol. The molecule has 1 heterocycles. The Bertz CT molecular complexity index is 831. The molecule has 0 radical (unpaired) electrons. The van der Waals surface area contributed by atoms with Gasteiger partial charge >= 0.3 is 0 Å². The van der Waals surface area contributed by atoms with Crippen LogP contribution in [-0.2, 0) is 10.2 Å². The van der Waals surface area contributed by atoms with Gasteiger partial charge in [0.1, 0.15) is 19.0 Å². The number of carbonyl (C=O) groups is 1. The van der Waals surface area contributed by atoms with Crippen molar-refractivity contribution < 1.29 is 19.0 Å². The van der Waals surface area contributed by atoms with Crippen molar-refractivity contribution in [1.29, 1.82) is 0 Å². The number of fused-ring (bicyclic) bond motifs is 1. The monoisotopic (exact) mass is 397 g/mol. The number of aryl methyl sites for hydroxylation is 1. The maximum absolute atomic E-state index is 12.2. The molecule has 2 aromatic rings. The van der Waals surface area contributed by atoms with Gasteiger partial charge in [0.15, 0.2) is 11.5 Å². The molecule has 3 rings (SSSR count). The normalized spacial score (nSPS) is 13.1. The minimum absolute atomic E-state index is 0.0752. The molecule has 0 unspecified atom stereocenters. The van der Waals surface area contributed by atoms with Gasteiger partial charge < -0.3 is 19.5 Å². The molecule has 156 valence electrons. The summed E-state index contributed by atoms with van der Waals surface area (Å²) in [4.78, 5) is 12.2. The molecule has 0 saturated heterocycles. The summed E-state index contributed by atoms with van der Waals surface area (Å²) < 4.78 is 17.0. The van der Waals surface area contributed by atoms with Gasteiger partial charge in [0.05, 0.1) is 6.61 Å². The van der Waals surface area contributed by atoms with E-state index < -0.39 is 0 Å². The third-order valence-electron chi connectivity index (χ3n) is 5.11. The van der Waals surface area contributed by atoms with Crippen LogP contribution in [0.25, 0.3) is 0 Å². The summed E-state index contributed by atoms with van der Waals surface area (Å²) in [6.07, 6.45) is 2.17. The zero-order chi connectivity index (χ0) is 20.7. The predicted molar refractivity (Wildman–Crippen MR) is 114 cm³/mol. The number of unbranched alkanes of at least 4 members (excludes halogenated alkanes) is 1. The van der Waals surface area contributed by atoms with Crippen LogP contribution < -0.4 is 19.5 Å². The summed E-state index contributed by atoms with van der Waals surface area (Å²) >= 11 is 0. The van der Waals surface area contributed by atoms with Crippen LogP contribution >= 0.6 is 0 Å². The highest BCUT2D eigenvalue weighted by Crippen LogP contribution is 2.34. The highest BCUT2D eigenvalue weighted by Gasteiger charge is 2.24. The molecule has 2 aromatic carbocycles. The second-order valence-electron chi connectivity index (χ2n) is 8.14. The first-order valence-corrected chi connectivity index (χ1v) is 10.3. The highest BCUT2D eigenvalue weighted by atomic mass is 16.6. The minimum atomic E-state index is -0.195. The first-order chi connectivity index (χ1) is 13.9. The fourth-order valence-corrected chi connectivity index (χ4v) is 3.26. The van der Waals surface area contributed by atoms with Crippen LogP contribution in [0.4, 0.5) is 0 Å². The number of benzene rings is 2. The van der Waals surface area contributed by atoms with E-state index in [0.717, 1.165) is 35.7 Å². The van der Waals surface area contributed by atoms with E-state index >= 15 is 0 Å². The molecule has 5 heteroatoms. The number of nitrogens with one attached hydrogen (secondary N) is 1. The number of ether oxygens (including phenoxy) is 3. The minimum Gasteiger partial charge on any atom is -0.494 e. The first-order valence-electron chi connectivity index (χ1n) is 10.3. The molecule has 0 saturated carbocycles. The van der Waals surface area contributed by atoms with Gasteiger partial charge in [0.25, 0.3) is 0 Å². The number of hydrogen-bond acceptors (Lipinski definition) is 4. The van der Waals surface area contributed by atoms with Crippen molar-refractivity contribution in [3.63, 3.8) is 0 Å². The van der Waals surface area contributed by atoms with E-state index in [1.165, 1.54) is 5.56 Å². The van der Waals surface area contributed by atoms with Crippen molar-refractivity contribution in [2.75, 3.05) is 26.4 Å². The number of rotatable bonds is 9. The van der Waals surface area contributed by atoms with Gasteiger partial charge in [0.2, 0.25) is 5.91 Å². The summed E-state index contributed by atoms with van der Waals surface area (Å²) in [5, 5.41) is 3.07. The topological polar surface area (TPSA) is 56.8 Å². The molecule has 0 spiro atoms. The smallest absolute Gasteiger partial charge is 0.220 e. The number of hydrogen-bond donors (Lipinski definition) is 1. The van der Waals surface area contributed by atoms with Crippen molar-refractivity contribution in [1.82, 2.24) is 5.32 Å². The Labute approximate surface area is 173 Å². The average molecular weight is 398 g/mol. The maximum Gasteiger partial charge on any atom is 0.220 e. The Morgan fingerprint density at radius 3 is 2.66 bits per heavy atom. The molecule has 29 heavy (non-hydrogen) atoms. The van der Waals surface area contributed by atoms with Crippen molar-refractivity contribution in [2.24, 2.45) is 0 Å². The summed E-state index contributed by atoms with van der Waals surface area (Å²) in [5.74, 6) is 2.52. The van der Waals surface area contributed by atoms with Crippen LogP contribution in [0.1, 0.15) is 44.2 Å². The van der Waals surface area contributed by atoms with Crippen molar-refractivity contribution in [2.45, 2.75) is 45.4 Å². The van der Waals surface area contributed by atoms with E-state index in [4.69, 9.17) is 14.2 Å². The van der Waals surface area contributed by atoms with Gasteiger partial charge in [-0.15, -0.1) is 0 Å². The molecule has 1 amide bonds.